The fraction of sp³-hybridized carbons (Fsp3) is 0.600. The van der Waals surface area contributed by atoms with Gasteiger partial charge in [0, 0.05) is 33.3 Å². The van der Waals surface area contributed by atoms with Gasteiger partial charge in [0.25, 0.3) is 0 Å². The van der Waals surface area contributed by atoms with Crippen LogP contribution < -0.4 is 9.47 Å². The SMILES string of the molecule is COC1(COc2ccc(C)cc2C)CCN(Cc2cccc(OCCCN3CCCCC3)c2)CC1. The number of nitrogens with zero attached hydrogens (tertiary/aromatic N) is 2. The summed E-state index contributed by atoms with van der Waals surface area (Å²) in [6.07, 6.45) is 7.14. The van der Waals surface area contributed by atoms with E-state index in [2.05, 4.69) is 66.1 Å². The lowest BCUT2D eigenvalue weighted by atomic mass is 9.91. The molecule has 0 atom stereocenters. The summed E-state index contributed by atoms with van der Waals surface area (Å²) in [6, 6.07) is 15.0. The lowest BCUT2D eigenvalue weighted by molar-refractivity contribution is -0.0840. The van der Waals surface area contributed by atoms with Crippen LogP contribution in [0.25, 0.3) is 0 Å². The van der Waals surface area contributed by atoms with Crippen molar-refractivity contribution in [3.05, 3.63) is 59.2 Å². The molecule has 2 fully saturated rings. The molecule has 2 heterocycles. The maximum atomic E-state index is 6.22. The van der Waals surface area contributed by atoms with Gasteiger partial charge in [-0.05, 0) is 88.4 Å². The van der Waals surface area contributed by atoms with Crippen LogP contribution in [-0.2, 0) is 11.3 Å². The molecule has 0 bridgehead atoms. The van der Waals surface area contributed by atoms with Crippen molar-refractivity contribution in [2.45, 2.75) is 64.5 Å². The molecule has 2 aromatic carbocycles. The molecule has 2 aromatic rings. The molecule has 0 radical (unpaired) electrons. The smallest absolute Gasteiger partial charge is 0.122 e. The predicted octanol–water partition coefficient (Wildman–Crippen LogP) is 5.62. The highest BCUT2D eigenvalue weighted by Gasteiger charge is 2.35. The first-order valence-corrected chi connectivity index (χ1v) is 13.5. The standard InChI is InChI=1S/C30H44N2O3/c1-25-11-12-29(26(2)21-25)35-24-30(33-3)13-18-32(19-14-30)23-27-9-7-10-28(22-27)34-20-8-17-31-15-5-4-6-16-31/h7,9-12,21-22H,4-6,8,13-20,23-24H2,1-3H3. The zero-order chi connectivity index (χ0) is 24.5. The van der Waals surface area contributed by atoms with Crippen LogP contribution in [0.2, 0.25) is 0 Å². The van der Waals surface area contributed by atoms with E-state index in [1.807, 2.05) is 7.11 Å². The molecule has 2 aliphatic heterocycles. The van der Waals surface area contributed by atoms with E-state index in [1.165, 1.54) is 49.0 Å². The van der Waals surface area contributed by atoms with Gasteiger partial charge in [-0.2, -0.15) is 0 Å². The molecule has 0 N–H and O–H groups in total. The molecule has 5 nitrogen and oxygen atoms in total. The Balaban J connectivity index is 1.21. The van der Waals surface area contributed by atoms with E-state index < -0.39 is 0 Å². The topological polar surface area (TPSA) is 34.2 Å². The molecule has 0 spiro atoms. The molecule has 0 saturated carbocycles. The Morgan fingerprint density at radius 2 is 1.66 bits per heavy atom. The van der Waals surface area contributed by atoms with Crippen molar-refractivity contribution in [2.75, 3.05) is 53.0 Å². The first-order chi connectivity index (χ1) is 17.0. The average molecular weight is 481 g/mol. The lowest BCUT2D eigenvalue weighted by Gasteiger charge is -2.40. The van der Waals surface area contributed by atoms with Crippen LogP contribution in [0.4, 0.5) is 0 Å². The van der Waals surface area contributed by atoms with Crippen LogP contribution in [0.3, 0.4) is 0 Å². The molecule has 2 aliphatic rings. The van der Waals surface area contributed by atoms with Crippen molar-refractivity contribution in [2.24, 2.45) is 0 Å². The van der Waals surface area contributed by atoms with Crippen LogP contribution in [-0.4, -0.2) is 68.4 Å². The van der Waals surface area contributed by atoms with Gasteiger partial charge in [0.2, 0.25) is 0 Å². The minimum atomic E-state index is -0.215. The lowest BCUT2D eigenvalue weighted by Crippen LogP contribution is -2.48. The average Bonchev–Trinajstić information content (AvgIpc) is 2.88. The molecule has 35 heavy (non-hydrogen) atoms. The predicted molar refractivity (Wildman–Crippen MR) is 143 cm³/mol. The van der Waals surface area contributed by atoms with Crippen LogP contribution in [0, 0.1) is 13.8 Å². The molecular formula is C30H44N2O3. The Morgan fingerprint density at radius 1 is 0.857 bits per heavy atom. The highest BCUT2D eigenvalue weighted by Crippen LogP contribution is 2.29. The van der Waals surface area contributed by atoms with E-state index in [9.17, 15) is 0 Å². The van der Waals surface area contributed by atoms with Crippen molar-refractivity contribution in [3.8, 4) is 11.5 Å². The molecule has 192 valence electrons. The van der Waals surface area contributed by atoms with Gasteiger partial charge in [-0.25, -0.2) is 0 Å². The number of aryl methyl sites for hydroxylation is 2. The minimum absolute atomic E-state index is 0.215. The molecule has 0 aliphatic carbocycles. The number of ether oxygens (including phenoxy) is 3. The zero-order valence-corrected chi connectivity index (χ0v) is 22.1. The molecular weight excluding hydrogens is 436 g/mol. The second-order valence-electron chi connectivity index (χ2n) is 10.5. The van der Waals surface area contributed by atoms with Crippen molar-refractivity contribution >= 4 is 0 Å². The third-order valence-corrected chi connectivity index (χ3v) is 7.66. The van der Waals surface area contributed by atoms with Gasteiger partial charge in [-0.15, -0.1) is 0 Å². The van der Waals surface area contributed by atoms with Gasteiger partial charge < -0.3 is 19.1 Å². The van der Waals surface area contributed by atoms with Crippen LogP contribution in [0.15, 0.2) is 42.5 Å². The van der Waals surface area contributed by atoms with Gasteiger partial charge >= 0.3 is 0 Å². The Labute approximate surface area is 212 Å². The minimum Gasteiger partial charge on any atom is -0.494 e. The summed E-state index contributed by atoms with van der Waals surface area (Å²) >= 11 is 0. The molecule has 4 rings (SSSR count). The third-order valence-electron chi connectivity index (χ3n) is 7.66. The summed E-state index contributed by atoms with van der Waals surface area (Å²) in [7, 11) is 1.83. The summed E-state index contributed by atoms with van der Waals surface area (Å²) in [5.74, 6) is 1.95. The summed E-state index contributed by atoms with van der Waals surface area (Å²) in [6.45, 7) is 12.2. The van der Waals surface area contributed by atoms with E-state index >= 15 is 0 Å². The Kier molecular flexibility index (Phi) is 9.47. The number of likely N-dealkylation sites (tertiary alicyclic amines) is 2. The summed E-state index contributed by atoms with van der Waals surface area (Å²) in [4.78, 5) is 5.09. The van der Waals surface area contributed by atoms with Crippen molar-refractivity contribution in [1.29, 1.82) is 0 Å². The van der Waals surface area contributed by atoms with Gasteiger partial charge in [-0.3, -0.25) is 4.90 Å². The Hall–Kier alpha value is -2.08. The fourth-order valence-corrected chi connectivity index (χ4v) is 5.35. The third kappa shape index (κ3) is 7.70. The van der Waals surface area contributed by atoms with E-state index in [0.717, 1.165) is 63.5 Å². The van der Waals surface area contributed by atoms with Crippen molar-refractivity contribution in [1.82, 2.24) is 9.80 Å². The Morgan fingerprint density at radius 3 is 2.40 bits per heavy atom. The van der Waals surface area contributed by atoms with E-state index in [-0.39, 0.29) is 5.60 Å². The highest BCUT2D eigenvalue weighted by atomic mass is 16.5. The van der Waals surface area contributed by atoms with Gasteiger partial charge in [-0.1, -0.05) is 36.2 Å². The zero-order valence-electron chi connectivity index (χ0n) is 22.1. The number of rotatable bonds is 11. The highest BCUT2D eigenvalue weighted by molar-refractivity contribution is 5.35. The second-order valence-corrected chi connectivity index (χ2v) is 10.5. The number of piperidine rings is 2. The van der Waals surface area contributed by atoms with Crippen LogP contribution in [0.5, 0.6) is 11.5 Å². The van der Waals surface area contributed by atoms with E-state index in [4.69, 9.17) is 14.2 Å². The van der Waals surface area contributed by atoms with Gasteiger partial charge in [0.05, 0.1) is 6.61 Å². The molecule has 5 heteroatoms. The summed E-state index contributed by atoms with van der Waals surface area (Å²) in [5.41, 5.74) is 3.54. The first-order valence-electron chi connectivity index (χ1n) is 13.5. The Bertz CT molecular complexity index is 918. The summed E-state index contributed by atoms with van der Waals surface area (Å²) in [5, 5.41) is 0. The van der Waals surface area contributed by atoms with Crippen molar-refractivity contribution < 1.29 is 14.2 Å². The summed E-state index contributed by atoms with van der Waals surface area (Å²) < 4.78 is 18.3. The van der Waals surface area contributed by atoms with Crippen LogP contribution in [0.1, 0.15) is 55.2 Å². The second kappa shape index (κ2) is 12.8. The number of hydrogen-bond acceptors (Lipinski definition) is 5. The number of benzene rings is 2. The normalized spacial score (nSPS) is 18.9. The quantitative estimate of drug-likeness (QED) is 0.390. The number of hydrogen-bond donors (Lipinski definition) is 0. The van der Waals surface area contributed by atoms with E-state index in [0.29, 0.717) is 6.61 Å². The maximum absolute atomic E-state index is 6.22. The number of methoxy groups -OCH3 is 1. The van der Waals surface area contributed by atoms with E-state index in [1.54, 1.807) is 0 Å². The molecule has 0 amide bonds. The van der Waals surface area contributed by atoms with Gasteiger partial charge in [0.1, 0.15) is 23.7 Å². The van der Waals surface area contributed by atoms with Crippen LogP contribution >= 0.6 is 0 Å². The molecule has 2 saturated heterocycles. The largest absolute Gasteiger partial charge is 0.494 e. The molecule has 0 aromatic heterocycles. The maximum Gasteiger partial charge on any atom is 0.122 e. The monoisotopic (exact) mass is 480 g/mol. The molecule has 0 unspecified atom stereocenters. The first kappa shape index (κ1) is 26.0. The van der Waals surface area contributed by atoms with Gasteiger partial charge in [0.15, 0.2) is 0 Å². The van der Waals surface area contributed by atoms with Crippen molar-refractivity contribution in [3.63, 3.8) is 0 Å². The fourth-order valence-electron chi connectivity index (χ4n) is 5.35.